The summed E-state index contributed by atoms with van der Waals surface area (Å²) in [5.74, 6) is 0.921. The second-order valence-electron chi connectivity index (χ2n) is 9.60. The number of anilines is 1. The molecule has 6 heteroatoms. The Morgan fingerprint density at radius 2 is 1.69 bits per heavy atom. The number of nitrogens with one attached hydrogen (secondary N) is 1. The summed E-state index contributed by atoms with van der Waals surface area (Å²) in [4.78, 5) is 6.92. The van der Waals surface area contributed by atoms with E-state index in [1.807, 2.05) is 18.3 Å². The van der Waals surface area contributed by atoms with Crippen molar-refractivity contribution in [3.63, 3.8) is 0 Å². The molecule has 182 valence electrons. The van der Waals surface area contributed by atoms with Crippen LogP contribution in [-0.2, 0) is 0 Å². The summed E-state index contributed by atoms with van der Waals surface area (Å²) < 4.78 is 8.49. The highest BCUT2D eigenvalue weighted by Crippen LogP contribution is 2.42. The van der Waals surface area contributed by atoms with E-state index in [-0.39, 0.29) is 12.1 Å². The number of hydrogen-bond donors (Lipinski definition) is 1. The molecule has 1 aliphatic heterocycles. The molecule has 6 rings (SSSR count). The van der Waals surface area contributed by atoms with Crippen LogP contribution in [0.3, 0.4) is 0 Å². The van der Waals surface area contributed by atoms with Crippen LogP contribution in [0.2, 0.25) is 0 Å². The first-order chi connectivity index (χ1) is 17.7. The molecule has 2 atom stereocenters. The minimum absolute atomic E-state index is 0.0800. The van der Waals surface area contributed by atoms with Gasteiger partial charge < -0.3 is 19.5 Å². The van der Waals surface area contributed by atoms with E-state index >= 15 is 0 Å². The van der Waals surface area contributed by atoms with E-state index < -0.39 is 0 Å². The molecule has 1 saturated carbocycles. The van der Waals surface area contributed by atoms with E-state index in [4.69, 9.17) is 21.9 Å². The van der Waals surface area contributed by atoms with E-state index in [9.17, 15) is 0 Å². The number of thiocarbonyl (C=S) groups is 1. The van der Waals surface area contributed by atoms with Crippen LogP contribution in [0.15, 0.2) is 91.3 Å². The zero-order chi connectivity index (χ0) is 24.5. The summed E-state index contributed by atoms with van der Waals surface area (Å²) in [5.41, 5.74) is 5.53. The van der Waals surface area contributed by atoms with Crippen molar-refractivity contribution >= 4 is 23.0 Å². The molecular weight excluding hydrogens is 464 g/mol. The number of benzene rings is 2. The number of rotatable bonds is 6. The van der Waals surface area contributed by atoms with Crippen molar-refractivity contribution in [2.45, 2.75) is 50.8 Å². The summed E-state index contributed by atoms with van der Waals surface area (Å²) in [7, 11) is 0. The van der Waals surface area contributed by atoms with Crippen molar-refractivity contribution < 1.29 is 4.74 Å². The summed E-state index contributed by atoms with van der Waals surface area (Å²) in [6, 6.07) is 27.0. The average molecular weight is 495 g/mol. The van der Waals surface area contributed by atoms with Gasteiger partial charge in [-0.25, -0.2) is 0 Å². The van der Waals surface area contributed by atoms with Crippen LogP contribution in [0.1, 0.15) is 54.7 Å². The summed E-state index contributed by atoms with van der Waals surface area (Å²) in [6.45, 7) is 2.15. The molecule has 0 spiro atoms. The van der Waals surface area contributed by atoms with Crippen molar-refractivity contribution in [3.05, 3.63) is 108 Å². The molecule has 0 amide bonds. The van der Waals surface area contributed by atoms with E-state index in [1.54, 1.807) is 0 Å². The molecule has 1 N–H and O–H groups in total. The van der Waals surface area contributed by atoms with Crippen LogP contribution in [0, 0.1) is 6.92 Å². The van der Waals surface area contributed by atoms with Gasteiger partial charge in [-0.05, 0) is 105 Å². The van der Waals surface area contributed by atoms with Crippen molar-refractivity contribution in [2.24, 2.45) is 0 Å². The van der Waals surface area contributed by atoms with Gasteiger partial charge in [0, 0.05) is 29.5 Å². The fraction of sp³-hybridized carbons (Fsp3) is 0.267. The minimum atomic E-state index is -0.0919. The molecule has 3 heterocycles. The third-order valence-electron chi connectivity index (χ3n) is 7.28. The van der Waals surface area contributed by atoms with Crippen LogP contribution in [-0.4, -0.2) is 20.8 Å². The molecule has 4 aromatic rings. The largest absolute Gasteiger partial charge is 0.490 e. The van der Waals surface area contributed by atoms with E-state index in [0.29, 0.717) is 11.2 Å². The molecule has 2 fully saturated rings. The van der Waals surface area contributed by atoms with Gasteiger partial charge in [0.2, 0.25) is 0 Å². The first-order valence-corrected chi connectivity index (χ1v) is 13.1. The third-order valence-corrected chi connectivity index (χ3v) is 7.59. The fourth-order valence-corrected chi connectivity index (χ4v) is 5.85. The van der Waals surface area contributed by atoms with Gasteiger partial charge >= 0.3 is 0 Å². The summed E-state index contributed by atoms with van der Waals surface area (Å²) in [5, 5.41) is 4.27. The van der Waals surface area contributed by atoms with Gasteiger partial charge in [0.1, 0.15) is 11.8 Å². The lowest BCUT2D eigenvalue weighted by Crippen LogP contribution is -2.30. The maximum absolute atomic E-state index is 6.22. The lowest BCUT2D eigenvalue weighted by Gasteiger charge is -2.29. The molecule has 0 radical (unpaired) electrons. The standard InChI is InChI=1S/C30H30N4OS/c1-21-9-2-5-13-26(21)33-20-8-14-27(33)29-28(25-12-6-7-19-31-25)32-30(36)34(29)22-15-17-24(18-16-22)35-23-10-3-4-11-23/h2,5-9,12-20,23,28-29H,3-4,10-11H2,1H3,(H,32,36)/t28-,29-/m1/s1. The maximum Gasteiger partial charge on any atom is 0.174 e. The zero-order valence-corrected chi connectivity index (χ0v) is 21.2. The Bertz CT molecular complexity index is 1340. The molecule has 0 unspecified atom stereocenters. The summed E-state index contributed by atoms with van der Waals surface area (Å²) >= 11 is 5.93. The van der Waals surface area contributed by atoms with E-state index in [2.05, 4.69) is 94.6 Å². The molecule has 2 aromatic carbocycles. The van der Waals surface area contributed by atoms with Crippen LogP contribution in [0.5, 0.6) is 5.75 Å². The Morgan fingerprint density at radius 3 is 2.44 bits per heavy atom. The Kier molecular flexibility index (Phi) is 6.20. The molecule has 2 aliphatic rings. The SMILES string of the molecule is Cc1ccccc1-n1cccc1[C@@H]1[C@@H](c2ccccn2)NC(=S)N1c1ccc(OC2CCCC2)cc1. The second-order valence-corrected chi connectivity index (χ2v) is 9.99. The van der Waals surface area contributed by atoms with Crippen LogP contribution < -0.4 is 15.0 Å². The predicted octanol–water partition coefficient (Wildman–Crippen LogP) is 6.68. The van der Waals surface area contributed by atoms with Gasteiger partial charge in [-0.3, -0.25) is 4.98 Å². The highest BCUT2D eigenvalue weighted by atomic mass is 32.1. The van der Waals surface area contributed by atoms with Crippen molar-refractivity contribution in [2.75, 3.05) is 4.90 Å². The van der Waals surface area contributed by atoms with E-state index in [1.165, 1.54) is 18.4 Å². The number of ether oxygens (including phenoxy) is 1. The van der Waals surface area contributed by atoms with Crippen LogP contribution in [0.25, 0.3) is 5.69 Å². The fourth-order valence-electron chi connectivity index (χ4n) is 5.51. The van der Waals surface area contributed by atoms with Crippen molar-refractivity contribution in [1.29, 1.82) is 0 Å². The number of aromatic nitrogens is 2. The number of aryl methyl sites for hydroxylation is 1. The van der Waals surface area contributed by atoms with Crippen LogP contribution in [0.4, 0.5) is 5.69 Å². The molecule has 36 heavy (non-hydrogen) atoms. The van der Waals surface area contributed by atoms with Crippen molar-refractivity contribution in [3.8, 4) is 11.4 Å². The number of pyridine rings is 1. The monoisotopic (exact) mass is 494 g/mol. The Morgan fingerprint density at radius 1 is 0.917 bits per heavy atom. The first kappa shape index (κ1) is 22.8. The van der Waals surface area contributed by atoms with Gasteiger partial charge in [0.25, 0.3) is 0 Å². The minimum Gasteiger partial charge on any atom is -0.490 e. The Hall–Kier alpha value is -3.64. The lowest BCUT2D eigenvalue weighted by molar-refractivity contribution is 0.210. The van der Waals surface area contributed by atoms with Gasteiger partial charge in [-0.2, -0.15) is 0 Å². The highest BCUT2D eigenvalue weighted by Gasteiger charge is 2.42. The molecule has 0 bridgehead atoms. The Balaban J connectivity index is 1.40. The number of para-hydroxylation sites is 1. The molecule has 1 aliphatic carbocycles. The smallest absolute Gasteiger partial charge is 0.174 e. The van der Waals surface area contributed by atoms with E-state index in [0.717, 1.165) is 41.4 Å². The molecule has 5 nitrogen and oxygen atoms in total. The average Bonchev–Trinajstić information content (AvgIpc) is 3.66. The molecular formula is C30H30N4OS. The second kappa shape index (κ2) is 9.78. The topological polar surface area (TPSA) is 42.3 Å². The first-order valence-electron chi connectivity index (χ1n) is 12.7. The van der Waals surface area contributed by atoms with Crippen molar-refractivity contribution in [1.82, 2.24) is 14.9 Å². The lowest BCUT2D eigenvalue weighted by atomic mass is 10.0. The van der Waals surface area contributed by atoms with Gasteiger partial charge in [-0.15, -0.1) is 0 Å². The predicted molar refractivity (Wildman–Crippen MR) is 148 cm³/mol. The highest BCUT2D eigenvalue weighted by molar-refractivity contribution is 7.80. The van der Waals surface area contributed by atoms with Gasteiger partial charge in [-0.1, -0.05) is 24.3 Å². The molecule has 1 saturated heterocycles. The Labute approximate surface area is 217 Å². The summed E-state index contributed by atoms with van der Waals surface area (Å²) in [6.07, 6.45) is 9.11. The number of nitrogens with zero attached hydrogens (tertiary/aromatic N) is 3. The normalized spacial score (nSPS) is 20.0. The van der Waals surface area contributed by atoms with Crippen LogP contribution >= 0.6 is 12.2 Å². The third kappa shape index (κ3) is 4.26. The molecule has 2 aromatic heterocycles. The van der Waals surface area contributed by atoms with Gasteiger partial charge in [0.15, 0.2) is 5.11 Å². The quantitative estimate of drug-likeness (QED) is 0.303. The van der Waals surface area contributed by atoms with Gasteiger partial charge in [0.05, 0.1) is 17.8 Å². The maximum atomic E-state index is 6.22. The number of hydrogen-bond acceptors (Lipinski definition) is 3. The zero-order valence-electron chi connectivity index (χ0n) is 20.4.